The lowest BCUT2D eigenvalue weighted by molar-refractivity contribution is -0.148. The van der Waals surface area contributed by atoms with Crippen molar-refractivity contribution in [3.05, 3.63) is 0 Å². The lowest BCUT2D eigenvalue weighted by Crippen LogP contribution is -2.54. The van der Waals surface area contributed by atoms with Gasteiger partial charge in [-0.15, -0.1) is 0 Å². The molecular weight excluding hydrogens is 152 g/mol. The molecule has 4 heteroatoms. The van der Waals surface area contributed by atoms with Crippen molar-refractivity contribution in [3.63, 3.8) is 0 Å². The fourth-order valence-electron chi connectivity index (χ4n) is 1.20. The Morgan fingerprint density at radius 1 is 1.55 bits per heavy atom. The summed E-state index contributed by atoms with van der Waals surface area (Å²) in [5.74, 6) is -2.78. The van der Waals surface area contributed by atoms with E-state index in [9.17, 15) is 8.78 Å². The molecule has 0 radical (unpaired) electrons. The van der Waals surface area contributed by atoms with Gasteiger partial charge in [0.25, 0.3) is 5.92 Å². The van der Waals surface area contributed by atoms with Gasteiger partial charge in [0, 0.05) is 0 Å². The summed E-state index contributed by atoms with van der Waals surface area (Å²) in [6.07, 6.45) is 0.330. The SMILES string of the molecule is CC1(CO)CCNCC1(F)F. The van der Waals surface area contributed by atoms with Crippen molar-refractivity contribution in [1.82, 2.24) is 5.32 Å². The summed E-state index contributed by atoms with van der Waals surface area (Å²) in [5, 5.41) is 11.4. The Bertz CT molecular complexity index is 151. The maximum absolute atomic E-state index is 13.0. The van der Waals surface area contributed by atoms with Crippen LogP contribution in [0.4, 0.5) is 8.78 Å². The van der Waals surface area contributed by atoms with Gasteiger partial charge in [0.15, 0.2) is 0 Å². The fraction of sp³-hybridized carbons (Fsp3) is 1.00. The van der Waals surface area contributed by atoms with Gasteiger partial charge in [-0.3, -0.25) is 0 Å². The molecule has 1 atom stereocenters. The zero-order valence-electron chi connectivity index (χ0n) is 6.53. The van der Waals surface area contributed by atoms with Crippen LogP contribution in [0.5, 0.6) is 0 Å². The molecule has 1 heterocycles. The van der Waals surface area contributed by atoms with Crippen LogP contribution in [0.15, 0.2) is 0 Å². The van der Waals surface area contributed by atoms with Gasteiger partial charge in [0.05, 0.1) is 18.6 Å². The summed E-state index contributed by atoms with van der Waals surface area (Å²) in [6, 6.07) is 0. The van der Waals surface area contributed by atoms with E-state index in [0.29, 0.717) is 13.0 Å². The number of aliphatic hydroxyl groups is 1. The molecule has 66 valence electrons. The third-order valence-electron chi connectivity index (χ3n) is 2.43. The second-order valence-electron chi connectivity index (χ2n) is 3.35. The highest BCUT2D eigenvalue weighted by molar-refractivity contribution is 4.94. The zero-order chi connectivity index (χ0) is 8.54. The maximum Gasteiger partial charge on any atom is 0.267 e. The topological polar surface area (TPSA) is 32.3 Å². The summed E-state index contributed by atoms with van der Waals surface area (Å²) < 4.78 is 26.1. The van der Waals surface area contributed by atoms with E-state index < -0.39 is 17.9 Å². The first kappa shape index (κ1) is 8.87. The second-order valence-corrected chi connectivity index (χ2v) is 3.35. The lowest BCUT2D eigenvalue weighted by atomic mass is 9.78. The molecule has 2 N–H and O–H groups in total. The third kappa shape index (κ3) is 1.37. The number of hydrogen-bond donors (Lipinski definition) is 2. The van der Waals surface area contributed by atoms with Crippen molar-refractivity contribution in [3.8, 4) is 0 Å². The van der Waals surface area contributed by atoms with Crippen LogP contribution in [-0.2, 0) is 0 Å². The first-order chi connectivity index (χ1) is 5.02. The smallest absolute Gasteiger partial charge is 0.267 e. The van der Waals surface area contributed by atoms with Crippen molar-refractivity contribution in [2.45, 2.75) is 19.3 Å². The van der Waals surface area contributed by atoms with E-state index in [1.165, 1.54) is 6.92 Å². The van der Waals surface area contributed by atoms with Gasteiger partial charge in [-0.25, -0.2) is 8.78 Å². The Morgan fingerprint density at radius 3 is 2.55 bits per heavy atom. The van der Waals surface area contributed by atoms with Crippen molar-refractivity contribution in [1.29, 1.82) is 0 Å². The molecule has 0 spiro atoms. The molecular formula is C7H13F2NO. The molecule has 0 aromatic heterocycles. The van der Waals surface area contributed by atoms with Crippen molar-refractivity contribution < 1.29 is 13.9 Å². The Kier molecular flexibility index (Phi) is 2.16. The van der Waals surface area contributed by atoms with Gasteiger partial charge in [-0.05, 0) is 13.0 Å². The average molecular weight is 165 g/mol. The highest BCUT2D eigenvalue weighted by Gasteiger charge is 2.50. The van der Waals surface area contributed by atoms with E-state index in [-0.39, 0.29) is 6.54 Å². The van der Waals surface area contributed by atoms with Crippen molar-refractivity contribution in [2.75, 3.05) is 19.7 Å². The molecule has 1 fully saturated rings. The minimum absolute atomic E-state index is 0.315. The monoisotopic (exact) mass is 165 g/mol. The molecule has 1 saturated heterocycles. The number of halogens is 2. The predicted molar refractivity (Wildman–Crippen MR) is 37.6 cm³/mol. The highest BCUT2D eigenvalue weighted by Crippen LogP contribution is 2.40. The van der Waals surface area contributed by atoms with Gasteiger partial charge < -0.3 is 10.4 Å². The fourth-order valence-corrected chi connectivity index (χ4v) is 1.20. The predicted octanol–water partition coefficient (Wildman–Crippen LogP) is 0.614. The number of rotatable bonds is 1. The van der Waals surface area contributed by atoms with Gasteiger partial charge in [-0.2, -0.15) is 0 Å². The average Bonchev–Trinajstić information content (AvgIpc) is 1.95. The van der Waals surface area contributed by atoms with E-state index in [4.69, 9.17) is 5.11 Å². The van der Waals surface area contributed by atoms with Crippen LogP contribution in [-0.4, -0.2) is 30.7 Å². The standard InChI is InChI=1S/C7H13F2NO/c1-6(5-11)2-3-10-4-7(6,8)9/h10-11H,2-5H2,1H3. The first-order valence-corrected chi connectivity index (χ1v) is 3.71. The molecule has 0 aromatic rings. The largest absolute Gasteiger partial charge is 0.396 e. The quantitative estimate of drug-likeness (QED) is 0.596. The van der Waals surface area contributed by atoms with Crippen molar-refractivity contribution >= 4 is 0 Å². The molecule has 1 rings (SSSR count). The molecule has 0 amide bonds. The summed E-state index contributed by atoms with van der Waals surface area (Å²) in [6.45, 7) is 1.23. The molecule has 2 nitrogen and oxygen atoms in total. The molecule has 1 aliphatic heterocycles. The summed E-state index contributed by atoms with van der Waals surface area (Å²) >= 11 is 0. The van der Waals surface area contributed by atoms with E-state index >= 15 is 0 Å². The molecule has 0 bridgehead atoms. The van der Waals surface area contributed by atoms with Crippen LogP contribution in [0.25, 0.3) is 0 Å². The van der Waals surface area contributed by atoms with Gasteiger partial charge >= 0.3 is 0 Å². The number of piperidine rings is 1. The van der Waals surface area contributed by atoms with E-state index in [1.54, 1.807) is 0 Å². The van der Waals surface area contributed by atoms with Crippen LogP contribution in [0.1, 0.15) is 13.3 Å². The van der Waals surface area contributed by atoms with Crippen molar-refractivity contribution in [2.24, 2.45) is 5.41 Å². The Labute approximate surface area is 64.6 Å². The normalized spacial score (nSPS) is 37.1. The minimum Gasteiger partial charge on any atom is -0.396 e. The first-order valence-electron chi connectivity index (χ1n) is 3.71. The number of nitrogens with one attached hydrogen (secondary N) is 1. The maximum atomic E-state index is 13.0. The van der Waals surface area contributed by atoms with Gasteiger partial charge in [0.2, 0.25) is 0 Å². The third-order valence-corrected chi connectivity index (χ3v) is 2.43. The summed E-state index contributed by atoms with van der Waals surface area (Å²) in [5.41, 5.74) is -1.22. The Balaban J connectivity index is 2.74. The molecule has 1 unspecified atom stereocenters. The second kappa shape index (κ2) is 2.68. The lowest BCUT2D eigenvalue weighted by Gasteiger charge is -2.39. The number of hydrogen-bond acceptors (Lipinski definition) is 2. The van der Waals surface area contributed by atoms with Crippen LogP contribution in [0.3, 0.4) is 0 Å². The molecule has 11 heavy (non-hydrogen) atoms. The van der Waals surface area contributed by atoms with E-state index in [2.05, 4.69) is 5.32 Å². The highest BCUT2D eigenvalue weighted by atomic mass is 19.3. The Morgan fingerprint density at radius 2 is 2.18 bits per heavy atom. The summed E-state index contributed by atoms with van der Waals surface area (Å²) in [4.78, 5) is 0. The summed E-state index contributed by atoms with van der Waals surface area (Å²) in [7, 11) is 0. The van der Waals surface area contributed by atoms with Crippen LogP contribution in [0, 0.1) is 5.41 Å². The van der Waals surface area contributed by atoms with Crippen LogP contribution < -0.4 is 5.32 Å². The molecule has 1 aliphatic rings. The van der Waals surface area contributed by atoms with Crippen LogP contribution in [0.2, 0.25) is 0 Å². The minimum atomic E-state index is -2.78. The van der Waals surface area contributed by atoms with Crippen LogP contribution >= 0.6 is 0 Å². The van der Waals surface area contributed by atoms with E-state index in [1.807, 2.05) is 0 Å². The van der Waals surface area contributed by atoms with Gasteiger partial charge in [0.1, 0.15) is 0 Å². The molecule has 0 aliphatic carbocycles. The molecule has 0 saturated carbocycles. The number of aliphatic hydroxyl groups excluding tert-OH is 1. The number of alkyl halides is 2. The molecule has 0 aromatic carbocycles. The van der Waals surface area contributed by atoms with Gasteiger partial charge in [-0.1, -0.05) is 6.92 Å². The Hall–Kier alpha value is -0.220. The zero-order valence-corrected chi connectivity index (χ0v) is 6.53. The van der Waals surface area contributed by atoms with E-state index in [0.717, 1.165) is 0 Å².